The number of esters is 1. The summed E-state index contributed by atoms with van der Waals surface area (Å²) in [6.45, 7) is 8.12. The van der Waals surface area contributed by atoms with E-state index >= 15 is 0 Å². The second-order valence-electron chi connectivity index (χ2n) is 17.4. The molecular formula is C44H59F6N7O8S. The number of fused-ring (bicyclic) bond motifs is 1. The lowest BCUT2D eigenvalue weighted by molar-refractivity contribution is -0.166. The van der Waals surface area contributed by atoms with Crippen molar-refractivity contribution in [1.29, 1.82) is 5.26 Å². The molecule has 3 N–H and O–H groups in total. The standard InChI is InChI=1S/C44H59F6N7O8S/c1-24(2)15-16-32-36(58)53-30(20-25(3)4)40(62)57(8)33(21-27-23-66-35-14-10-9-12-28(27)35)37(59)52-29(17-18-43(45,46)47)39(61)55(6)26(5)42(64)65-34(13-11-19-51)38(60)54-31(22-44(48,49)50)41(63)56(32)7/h9-10,12,14,23-26,29-34H,11,13,15-18,20-22H2,1-8H3,(H,52,59)(H,53,58)(H,54,60)/t26-,29-,30-,31-,32-,33-,34+/m0/s1. The molecular weight excluding hydrogens is 901 g/mol. The number of nitrogens with one attached hydrogen (secondary N) is 3. The molecule has 6 amide bonds. The van der Waals surface area contributed by atoms with E-state index in [0.29, 0.717) is 15.8 Å². The molecule has 2 aromatic rings. The number of amides is 6. The fourth-order valence-electron chi connectivity index (χ4n) is 7.36. The fourth-order valence-corrected chi connectivity index (χ4v) is 8.33. The van der Waals surface area contributed by atoms with Gasteiger partial charge >= 0.3 is 18.3 Å². The molecule has 2 heterocycles. The van der Waals surface area contributed by atoms with Crippen LogP contribution in [0.1, 0.15) is 91.5 Å². The van der Waals surface area contributed by atoms with Crippen molar-refractivity contribution in [3.05, 3.63) is 35.2 Å². The molecule has 1 aromatic heterocycles. The zero-order valence-electron chi connectivity index (χ0n) is 38.2. The first kappa shape index (κ1) is 54.9. The van der Waals surface area contributed by atoms with Gasteiger partial charge in [0.15, 0.2) is 6.10 Å². The highest BCUT2D eigenvalue weighted by molar-refractivity contribution is 7.17. The van der Waals surface area contributed by atoms with Gasteiger partial charge in [-0.05, 0) is 66.8 Å². The summed E-state index contributed by atoms with van der Waals surface area (Å²) in [4.78, 5) is 101. The molecule has 0 radical (unpaired) electrons. The average Bonchev–Trinajstić information content (AvgIpc) is 3.64. The zero-order chi connectivity index (χ0) is 49.8. The van der Waals surface area contributed by atoms with E-state index < -0.39 is 128 Å². The predicted molar refractivity (Wildman–Crippen MR) is 231 cm³/mol. The number of benzene rings is 1. The van der Waals surface area contributed by atoms with Crippen LogP contribution in [0.3, 0.4) is 0 Å². The number of cyclic esters (lactones) is 1. The third-order valence-electron chi connectivity index (χ3n) is 11.3. The van der Waals surface area contributed by atoms with Crippen molar-refractivity contribution in [1.82, 2.24) is 30.7 Å². The van der Waals surface area contributed by atoms with Crippen LogP contribution >= 0.6 is 11.3 Å². The Labute approximate surface area is 383 Å². The summed E-state index contributed by atoms with van der Waals surface area (Å²) in [5.74, 6) is -8.66. The molecule has 1 aromatic carbocycles. The SMILES string of the molecule is CC(C)CC[C@H]1C(=O)N[C@@H](CC(C)C)C(=O)N(C)[C@@H](Cc2csc3ccccc23)C(=O)N[C@@H](CCC(F)(F)F)C(=O)N(C)[C@@H](C)C(=O)O[C@H](CCC#N)C(=O)N[C@@H](CC(F)(F)F)C(=O)N1C. The molecule has 0 aliphatic carbocycles. The third-order valence-corrected chi connectivity index (χ3v) is 12.3. The Morgan fingerprint density at radius 2 is 1.29 bits per heavy atom. The van der Waals surface area contributed by atoms with Crippen LogP contribution in [0.5, 0.6) is 0 Å². The topological polar surface area (TPSA) is 198 Å². The summed E-state index contributed by atoms with van der Waals surface area (Å²) in [5, 5.41) is 18.7. The molecule has 1 saturated heterocycles. The quantitative estimate of drug-likeness (QED) is 0.184. The van der Waals surface area contributed by atoms with Crippen LogP contribution in [0, 0.1) is 23.2 Å². The van der Waals surface area contributed by atoms with Gasteiger partial charge in [0.25, 0.3) is 5.91 Å². The van der Waals surface area contributed by atoms with Gasteiger partial charge in [0.1, 0.15) is 36.3 Å². The number of thiophene rings is 1. The first-order valence-corrected chi connectivity index (χ1v) is 22.4. The van der Waals surface area contributed by atoms with Crippen LogP contribution in [0.4, 0.5) is 26.3 Å². The zero-order valence-corrected chi connectivity index (χ0v) is 39.0. The van der Waals surface area contributed by atoms with E-state index in [2.05, 4.69) is 10.6 Å². The summed E-state index contributed by atoms with van der Waals surface area (Å²) >= 11 is 1.33. The van der Waals surface area contributed by atoms with Gasteiger partial charge in [-0.1, -0.05) is 45.9 Å². The number of hydrogen-bond donors (Lipinski definition) is 3. The van der Waals surface area contributed by atoms with Crippen molar-refractivity contribution < 1.29 is 64.6 Å². The molecule has 1 aliphatic heterocycles. The van der Waals surface area contributed by atoms with E-state index in [9.17, 15) is 65.2 Å². The van der Waals surface area contributed by atoms with Gasteiger partial charge in [-0.2, -0.15) is 31.6 Å². The molecule has 1 aliphatic rings. The predicted octanol–water partition coefficient (Wildman–Crippen LogP) is 5.41. The molecule has 0 bridgehead atoms. The van der Waals surface area contributed by atoms with Crippen LogP contribution in [-0.2, 0) is 44.7 Å². The molecule has 366 valence electrons. The van der Waals surface area contributed by atoms with E-state index in [4.69, 9.17) is 4.74 Å². The van der Waals surface area contributed by atoms with Gasteiger partial charge in [0.05, 0.1) is 12.5 Å². The Hall–Kier alpha value is -5.46. The summed E-state index contributed by atoms with van der Waals surface area (Å²) in [5.41, 5.74) is 0.563. The van der Waals surface area contributed by atoms with Gasteiger partial charge < -0.3 is 35.4 Å². The highest BCUT2D eigenvalue weighted by atomic mass is 32.1. The maximum atomic E-state index is 14.7. The number of ether oxygens (including phenoxy) is 1. The Balaban J connectivity index is 2.30. The third kappa shape index (κ3) is 15.9. The minimum absolute atomic E-state index is 0.0561. The highest BCUT2D eigenvalue weighted by Crippen LogP contribution is 2.29. The number of alkyl halides is 6. The average molecular weight is 960 g/mol. The molecule has 3 rings (SSSR count). The Morgan fingerprint density at radius 1 is 0.727 bits per heavy atom. The lowest BCUT2D eigenvalue weighted by Gasteiger charge is -2.35. The first-order chi connectivity index (χ1) is 30.6. The van der Waals surface area contributed by atoms with Crippen molar-refractivity contribution in [2.75, 3.05) is 21.1 Å². The maximum absolute atomic E-state index is 14.7. The van der Waals surface area contributed by atoms with E-state index in [1.165, 1.54) is 18.4 Å². The second-order valence-corrected chi connectivity index (χ2v) is 18.3. The van der Waals surface area contributed by atoms with Crippen LogP contribution in [-0.4, -0.2) is 132 Å². The van der Waals surface area contributed by atoms with Crippen molar-refractivity contribution >= 4 is 62.8 Å². The lowest BCUT2D eigenvalue weighted by Crippen LogP contribution is -2.60. The number of nitrogens with zero attached hydrogens (tertiary/aromatic N) is 4. The number of carbonyl (C=O) groups is 7. The highest BCUT2D eigenvalue weighted by Gasteiger charge is 2.43. The molecule has 66 heavy (non-hydrogen) atoms. The molecule has 1 fully saturated rings. The molecule has 7 atom stereocenters. The minimum atomic E-state index is -5.08. The van der Waals surface area contributed by atoms with Gasteiger partial charge in [0.2, 0.25) is 29.5 Å². The molecule has 0 unspecified atom stereocenters. The first-order valence-electron chi connectivity index (χ1n) is 21.5. The fraction of sp³-hybridized carbons (Fsp3) is 0.636. The summed E-state index contributed by atoms with van der Waals surface area (Å²) in [7, 11) is 3.31. The van der Waals surface area contributed by atoms with E-state index in [-0.39, 0.29) is 37.5 Å². The lowest BCUT2D eigenvalue weighted by atomic mass is 9.97. The van der Waals surface area contributed by atoms with Crippen LogP contribution < -0.4 is 16.0 Å². The Morgan fingerprint density at radius 3 is 1.88 bits per heavy atom. The van der Waals surface area contributed by atoms with Crippen LogP contribution in [0.2, 0.25) is 0 Å². The normalized spacial score (nSPS) is 24.3. The van der Waals surface area contributed by atoms with Gasteiger partial charge in [0, 0.05) is 51.5 Å². The van der Waals surface area contributed by atoms with Crippen molar-refractivity contribution in [2.45, 2.75) is 147 Å². The van der Waals surface area contributed by atoms with Crippen molar-refractivity contribution in [3.8, 4) is 6.07 Å². The summed E-state index contributed by atoms with van der Waals surface area (Å²) in [6, 6.07) is -1.72. The molecule has 22 heteroatoms. The largest absolute Gasteiger partial charge is 0.451 e. The summed E-state index contributed by atoms with van der Waals surface area (Å²) in [6.07, 6.45) is -17.7. The van der Waals surface area contributed by atoms with Gasteiger partial charge in [-0.15, -0.1) is 11.3 Å². The second kappa shape index (κ2) is 23.8. The smallest absolute Gasteiger partial charge is 0.391 e. The monoisotopic (exact) mass is 959 g/mol. The van der Waals surface area contributed by atoms with Crippen molar-refractivity contribution in [2.24, 2.45) is 11.8 Å². The molecule has 0 spiro atoms. The van der Waals surface area contributed by atoms with Crippen molar-refractivity contribution in [3.63, 3.8) is 0 Å². The van der Waals surface area contributed by atoms with Crippen LogP contribution in [0.15, 0.2) is 29.6 Å². The number of likely N-dealkylation sites (N-methyl/N-ethyl adjacent to an activating group) is 3. The minimum Gasteiger partial charge on any atom is -0.451 e. The number of carbonyl (C=O) groups excluding carboxylic acids is 7. The van der Waals surface area contributed by atoms with E-state index in [0.717, 1.165) is 35.5 Å². The Bertz CT molecular complexity index is 2090. The maximum Gasteiger partial charge on any atom is 0.391 e. The number of hydrogen-bond acceptors (Lipinski definition) is 10. The summed E-state index contributed by atoms with van der Waals surface area (Å²) < 4.78 is 89.7. The van der Waals surface area contributed by atoms with Gasteiger partial charge in [-0.3, -0.25) is 28.8 Å². The molecule has 0 saturated carbocycles. The number of nitriles is 1. The number of rotatable bonds is 12. The van der Waals surface area contributed by atoms with Crippen LogP contribution in [0.25, 0.3) is 10.1 Å². The number of halogens is 6. The Kier molecular flexibility index (Phi) is 19.8. The molecule has 15 nitrogen and oxygen atoms in total. The van der Waals surface area contributed by atoms with Gasteiger partial charge in [-0.25, -0.2) is 4.79 Å². The van der Waals surface area contributed by atoms with E-state index in [1.54, 1.807) is 57.3 Å². The van der Waals surface area contributed by atoms with E-state index in [1.807, 2.05) is 11.4 Å².